The second kappa shape index (κ2) is 7.74. The van der Waals surface area contributed by atoms with Gasteiger partial charge in [0.05, 0.1) is 11.7 Å². The van der Waals surface area contributed by atoms with Crippen LogP contribution < -0.4 is 21.1 Å². The first-order valence-electron chi connectivity index (χ1n) is 10.6. The van der Waals surface area contributed by atoms with E-state index in [0.717, 1.165) is 31.2 Å². The van der Waals surface area contributed by atoms with Crippen LogP contribution in [-0.4, -0.2) is 24.0 Å². The number of nitrogens with two attached hydrogens (primary N) is 1. The summed E-state index contributed by atoms with van der Waals surface area (Å²) in [5.74, 6) is 1.74. The fourth-order valence-corrected chi connectivity index (χ4v) is 5.12. The second-order valence-electron chi connectivity index (χ2n) is 8.69. The van der Waals surface area contributed by atoms with Crippen molar-refractivity contribution in [1.82, 2.24) is 5.32 Å². The van der Waals surface area contributed by atoms with Gasteiger partial charge in [-0.15, -0.1) is 0 Å². The number of fused-ring (bicyclic) bond motifs is 3. The van der Waals surface area contributed by atoms with Crippen molar-refractivity contribution in [3.8, 4) is 5.75 Å². The van der Waals surface area contributed by atoms with Gasteiger partial charge >= 0.3 is 0 Å². The average molecular weight is 386 g/mol. The maximum Gasteiger partial charge on any atom is 0.265 e. The molecule has 2 fully saturated rings. The largest absolute Gasteiger partial charge is 0.478 e. The van der Waals surface area contributed by atoms with E-state index in [1.54, 1.807) is 0 Å². The minimum atomic E-state index is -0.460. The van der Waals surface area contributed by atoms with Gasteiger partial charge in [-0.2, -0.15) is 0 Å². The standard InChI is InChI=1S/C22H31N3O3/c1-3-18-22(27)25-17-8-7-13(11-19(17)28-18)12(2)24-21(26)16-9-14-5-4-6-15(10-16)20(14)23/h7-8,11-12,14-16,18,20H,3-6,9-10,23H2,1-2H3,(H,24,26)(H,25,27). The zero-order chi connectivity index (χ0) is 19.8. The molecule has 4 unspecified atom stereocenters. The van der Waals surface area contributed by atoms with Gasteiger partial charge in [-0.05, 0) is 68.6 Å². The van der Waals surface area contributed by atoms with Crippen LogP contribution in [-0.2, 0) is 9.59 Å². The summed E-state index contributed by atoms with van der Waals surface area (Å²) in [7, 11) is 0. The molecule has 1 aromatic carbocycles. The number of hydrogen-bond acceptors (Lipinski definition) is 4. The van der Waals surface area contributed by atoms with Gasteiger partial charge in [-0.1, -0.05) is 19.4 Å². The first-order valence-corrected chi connectivity index (χ1v) is 10.6. The summed E-state index contributed by atoms with van der Waals surface area (Å²) in [4.78, 5) is 24.8. The fraction of sp³-hybridized carbons (Fsp3) is 0.636. The third kappa shape index (κ3) is 3.62. The zero-order valence-corrected chi connectivity index (χ0v) is 16.7. The molecule has 3 aliphatic rings. The van der Waals surface area contributed by atoms with Crippen LogP contribution in [0.15, 0.2) is 18.2 Å². The Hall–Kier alpha value is -2.08. The van der Waals surface area contributed by atoms with E-state index < -0.39 is 6.10 Å². The number of nitrogens with one attached hydrogen (secondary N) is 2. The van der Waals surface area contributed by atoms with Gasteiger partial charge in [0.2, 0.25) is 5.91 Å². The maximum atomic E-state index is 12.9. The molecule has 2 aliphatic carbocycles. The molecule has 1 aliphatic heterocycles. The Kier molecular flexibility index (Phi) is 5.32. The van der Waals surface area contributed by atoms with Crippen LogP contribution >= 0.6 is 0 Å². The van der Waals surface area contributed by atoms with E-state index in [4.69, 9.17) is 10.5 Å². The molecule has 1 aromatic rings. The number of carbonyl (C=O) groups excluding carboxylic acids is 2. The molecule has 1 heterocycles. The van der Waals surface area contributed by atoms with Crippen LogP contribution in [0.25, 0.3) is 0 Å². The molecule has 4 atom stereocenters. The number of carbonyl (C=O) groups is 2. The van der Waals surface area contributed by atoms with Gasteiger partial charge in [0, 0.05) is 12.0 Å². The minimum Gasteiger partial charge on any atom is -0.478 e. The van der Waals surface area contributed by atoms with Crippen LogP contribution in [0.1, 0.15) is 64.0 Å². The molecule has 2 saturated carbocycles. The number of benzene rings is 1. The third-order valence-electron chi connectivity index (χ3n) is 6.84. The summed E-state index contributed by atoms with van der Waals surface area (Å²) in [6.07, 6.45) is 5.54. The van der Waals surface area contributed by atoms with E-state index in [1.165, 1.54) is 6.42 Å². The fourth-order valence-electron chi connectivity index (χ4n) is 5.12. The van der Waals surface area contributed by atoms with Gasteiger partial charge in [-0.3, -0.25) is 9.59 Å². The molecule has 152 valence electrons. The highest BCUT2D eigenvalue weighted by molar-refractivity contribution is 5.97. The normalized spacial score (nSPS) is 32.5. The lowest BCUT2D eigenvalue weighted by Gasteiger charge is -2.43. The van der Waals surface area contributed by atoms with Gasteiger partial charge in [0.1, 0.15) is 5.75 Å². The van der Waals surface area contributed by atoms with Crippen molar-refractivity contribution >= 4 is 17.5 Å². The van der Waals surface area contributed by atoms with Crippen LogP contribution in [0, 0.1) is 17.8 Å². The van der Waals surface area contributed by atoms with Crippen molar-refractivity contribution in [1.29, 1.82) is 0 Å². The molecular weight excluding hydrogens is 354 g/mol. The first kappa shape index (κ1) is 19.2. The van der Waals surface area contributed by atoms with Crippen molar-refractivity contribution in [2.75, 3.05) is 5.32 Å². The molecule has 6 nitrogen and oxygen atoms in total. The smallest absolute Gasteiger partial charge is 0.265 e. The minimum absolute atomic E-state index is 0.0650. The summed E-state index contributed by atoms with van der Waals surface area (Å²) in [6, 6.07) is 5.87. The average Bonchev–Trinajstić information content (AvgIpc) is 2.66. The number of ether oxygens (including phenoxy) is 1. The van der Waals surface area contributed by atoms with E-state index >= 15 is 0 Å². The quantitative estimate of drug-likeness (QED) is 0.742. The van der Waals surface area contributed by atoms with E-state index in [1.807, 2.05) is 32.0 Å². The predicted molar refractivity (Wildman–Crippen MR) is 108 cm³/mol. The van der Waals surface area contributed by atoms with E-state index in [0.29, 0.717) is 29.7 Å². The summed E-state index contributed by atoms with van der Waals surface area (Å²) in [5, 5.41) is 6.07. The van der Waals surface area contributed by atoms with Crippen LogP contribution in [0.5, 0.6) is 5.75 Å². The van der Waals surface area contributed by atoms with Gasteiger partial charge in [-0.25, -0.2) is 0 Å². The molecule has 4 rings (SSSR count). The van der Waals surface area contributed by atoms with Crippen molar-refractivity contribution in [2.24, 2.45) is 23.5 Å². The number of hydrogen-bond donors (Lipinski definition) is 3. The highest BCUT2D eigenvalue weighted by Gasteiger charge is 2.40. The lowest BCUT2D eigenvalue weighted by Crippen LogP contribution is -2.49. The molecule has 28 heavy (non-hydrogen) atoms. The third-order valence-corrected chi connectivity index (χ3v) is 6.84. The Morgan fingerprint density at radius 1 is 1.32 bits per heavy atom. The Labute approximate surface area is 166 Å². The number of anilines is 1. The molecule has 4 N–H and O–H groups in total. The molecule has 6 heteroatoms. The highest BCUT2D eigenvalue weighted by atomic mass is 16.5. The van der Waals surface area contributed by atoms with Gasteiger partial charge in [0.25, 0.3) is 5.91 Å². The van der Waals surface area contributed by atoms with Gasteiger partial charge in [0.15, 0.2) is 6.10 Å². The van der Waals surface area contributed by atoms with E-state index in [2.05, 4.69) is 10.6 Å². The van der Waals surface area contributed by atoms with Gasteiger partial charge < -0.3 is 21.1 Å². The molecule has 0 radical (unpaired) electrons. The zero-order valence-electron chi connectivity index (χ0n) is 16.7. The Morgan fingerprint density at radius 2 is 2.04 bits per heavy atom. The van der Waals surface area contributed by atoms with Crippen LogP contribution in [0.3, 0.4) is 0 Å². The first-order chi connectivity index (χ1) is 13.5. The lowest BCUT2D eigenvalue weighted by atomic mass is 9.65. The Morgan fingerprint density at radius 3 is 2.71 bits per heavy atom. The monoisotopic (exact) mass is 385 g/mol. The molecule has 2 amide bonds. The van der Waals surface area contributed by atoms with E-state index in [9.17, 15) is 9.59 Å². The van der Waals surface area contributed by atoms with Crippen molar-refractivity contribution < 1.29 is 14.3 Å². The second-order valence-corrected chi connectivity index (χ2v) is 8.69. The van der Waals surface area contributed by atoms with E-state index in [-0.39, 0.29) is 29.8 Å². The number of rotatable bonds is 4. The Balaban J connectivity index is 1.42. The summed E-state index contributed by atoms with van der Waals surface area (Å²) < 4.78 is 5.83. The molecule has 0 spiro atoms. The SMILES string of the molecule is CCC1Oc2cc(C(C)NC(=O)C3CC4CCCC(C3)C4N)ccc2NC1=O. The molecule has 0 aromatic heterocycles. The highest BCUT2D eigenvalue weighted by Crippen LogP contribution is 2.42. The van der Waals surface area contributed by atoms with Crippen molar-refractivity contribution in [3.05, 3.63) is 23.8 Å². The van der Waals surface area contributed by atoms with Crippen LogP contribution in [0.2, 0.25) is 0 Å². The van der Waals surface area contributed by atoms with Crippen LogP contribution in [0.4, 0.5) is 5.69 Å². The van der Waals surface area contributed by atoms with Crippen molar-refractivity contribution in [3.63, 3.8) is 0 Å². The predicted octanol–water partition coefficient (Wildman–Crippen LogP) is 3.13. The molecule has 2 bridgehead atoms. The Bertz CT molecular complexity index is 751. The lowest BCUT2D eigenvalue weighted by molar-refractivity contribution is -0.128. The molecule has 0 saturated heterocycles. The van der Waals surface area contributed by atoms with Crippen molar-refractivity contribution in [2.45, 2.75) is 70.6 Å². The summed E-state index contributed by atoms with van der Waals surface area (Å²) >= 11 is 0. The maximum absolute atomic E-state index is 12.9. The summed E-state index contributed by atoms with van der Waals surface area (Å²) in [5.41, 5.74) is 8.02. The topological polar surface area (TPSA) is 93.4 Å². The molecular formula is C22H31N3O3. The summed E-state index contributed by atoms with van der Waals surface area (Å²) in [6.45, 7) is 3.92. The number of amides is 2.